The molecule has 0 aromatic carbocycles. The summed E-state index contributed by atoms with van der Waals surface area (Å²) in [7, 11) is 3.98. The molecule has 1 aromatic heterocycles. The van der Waals surface area contributed by atoms with Gasteiger partial charge in [-0.2, -0.15) is 0 Å². The number of aliphatic carboxylic acids is 1. The summed E-state index contributed by atoms with van der Waals surface area (Å²) in [6.07, 6.45) is 0.158. The fourth-order valence-electron chi connectivity index (χ4n) is 2.30. The van der Waals surface area contributed by atoms with E-state index in [1.54, 1.807) is 11.3 Å². The molecule has 0 aliphatic carbocycles. The Morgan fingerprint density at radius 2 is 2.18 bits per heavy atom. The number of carboxylic acid groups (broad SMARTS) is 1. The predicted octanol–water partition coefficient (Wildman–Crippen LogP) is 3.61. The van der Waals surface area contributed by atoms with Crippen molar-refractivity contribution in [3.05, 3.63) is 20.8 Å². The third-order valence-corrected chi connectivity index (χ3v) is 4.47. The van der Waals surface area contributed by atoms with Gasteiger partial charge >= 0.3 is 5.97 Å². The van der Waals surface area contributed by atoms with Crippen LogP contribution in [0.2, 0.25) is 0 Å². The molecule has 96 valence electrons. The lowest BCUT2D eigenvalue weighted by Gasteiger charge is -2.37. The van der Waals surface area contributed by atoms with Gasteiger partial charge in [-0.3, -0.25) is 4.79 Å². The topological polar surface area (TPSA) is 40.5 Å². The average Bonchev–Trinajstić information content (AvgIpc) is 2.47. The van der Waals surface area contributed by atoms with E-state index >= 15 is 0 Å². The Morgan fingerprint density at radius 3 is 2.53 bits per heavy atom. The largest absolute Gasteiger partial charge is 0.481 e. The maximum Gasteiger partial charge on any atom is 0.303 e. The van der Waals surface area contributed by atoms with Crippen LogP contribution in [0.3, 0.4) is 0 Å². The first kappa shape index (κ1) is 14.7. The normalized spacial score (nSPS) is 14.0. The summed E-state index contributed by atoms with van der Waals surface area (Å²) in [5.74, 6) is -0.752. The van der Waals surface area contributed by atoms with Crippen LogP contribution < -0.4 is 0 Å². The standard InChI is InChI=1S/C12H18BrNO2S/c1-12(2,6-10(15)16)11(14(3)4)9-5-8(13)7-17-9/h5,7,11H,6H2,1-4H3,(H,15,16). The van der Waals surface area contributed by atoms with Crippen LogP contribution in [-0.2, 0) is 4.79 Å². The molecule has 0 fully saturated rings. The molecule has 0 amide bonds. The Labute approximate surface area is 115 Å². The average molecular weight is 320 g/mol. The van der Waals surface area contributed by atoms with E-state index in [2.05, 4.69) is 26.9 Å². The van der Waals surface area contributed by atoms with Crippen molar-refractivity contribution in [2.75, 3.05) is 14.1 Å². The first-order valence-electron chi connectivity index (χ1n) is 5.36. The van der Waals surface area contributed by atoms with Crippen molar-refractivity contribution >= 4 is 33.2 Å². The fourth-order valence-corrected chi connectivity index (χ4v) is 4.15. The fraction of sp³-hybridized carbons (Fsp3) is 0.583. The first-order valence-corrected chi connectivity index (χ1v) is 7.03. The number of hydrogen-bond acceptors (Lipinski definition) is 3. The van der Waals surface area contributed by atoms with Crippen LogP contribution in [0.25, 0.3) is 0 Å². The second-order valence-electron chi connectivity index (χ2n) is 5.09. The summed E-state index contributed by atoms with van der Waals surface area (Å²) in [5.41, 5.74) is -0.306. The third kappa shape index (κ3) is 3.79. The molecule has 17 heavy (non-hydrogen) atoms. The van der Waals surface area contributed by atoms with Crippen LogP contribution in [0.15, 0.2) is 15.9 Å². The SMILES string of the molecule is CN(C)C(c1cc(Br)cs1)C(C)(C)CC(=O)O. The van der Waals surface area contributed by atoms with Gasteiger partial charge in [0.1, 0.15) is 0 Å². The van der Waals surface area contributed by atoms with Crippen molar-refractivity contribution < 1.29 is 9.90 Å². The van der Waals surface area contributed by atoms with Crippen LogP contribution in [0.1, 0.15) is 31.2 Å². The molecule has 0 spiro atoms. The first-order chi connectivity index (χ1) is 7.74. The van der Waals surface area contributed by atoms with E-state index in [0.717, 1.165) is 4.47 Å². The number of halogens is 1. The van der Waals surface area contributed by atoms with Gasteiger partial charge in [0.05, 0.1) is 6.42 Å². The Morgan fingerprint density at radius 1 is 1.59 bits per heavy atom. The van der Waals surface area contributed by atoms with Crippen molar-refractivity contribution in [1.29, 1.82) is 0 Å². The maximum atomic E-state index is 11.0. The van der Waals surface area contributed by atoms with E-state index in [1.165, 1.54) is 4.88 Å². The van der Waals surface area contributed by atoms with E-state index in [4.69, 9.17) is 5.11 Å². The Kier molecular flexibility index (Phi) is 4.75. The minimum Gasteiger partial charge on any atom is -0.481 e. The molecule has 5 heteroatoms. The summed E-state index contributed by atoms with van der Waals surface area (Å²) in [4.78, 5) is 14.2. The summed E-state index contributed by atoms with van der Waals surface area (Å²) in [6, 6.07) is 2.17. The van der Waals surface area contributed by atoms with Gasteiger partial charge in [-0.15, -0.1) is 11.3 Å². The van der Waals surface area contributed by atoms with Gasteiger partial charge in [0.25, 0.3) is 0 Å². The van der Waals surface area contributed by atoms with Crippen LogP contribution >= 0.6 is 27.3 Å². The quantitative estimate of drug-likeness (QED) is 0.901. The van der Waals surface area contributed by atoms with Gasteiger partial charge in [-0.25, -0.2) is 0 Å². The lowest BCUT2D eigenvalue weighted by molar-refractivity contribution is -0.140. The molecular formula is C12H18BrNO2S. The molecule has 1 heterocycles. The molecule has 0 radical (unpaired) electrons. The van der Waals surface area contributed by atoms with E-state index in [1.807, 2.05) is 33.3 Å². The molecule has 1 rings (SSSR count). The Hall–Kier alpha value is -0.390. The third-order valence-electron chi connectivity index (χ3n) is 2.72. The highest BCUT2D eigenvalue weighted by Gasteiger charge is 2.35. The zero-order chi connectivity index (χ0) is 13.2. The number of nitrogens with zero attached hydrogens (tertiary/aromatic N) is 1. The van der Waals surface area contributed by atoms with Gasteiger partial charge in [-0.1, -0.05) is 13.8 Å². The van der Waals surface area contributed by atoms with Crippen molar-refractivity contribution in [3.63, 3.8) is 0 Å². The molecule has 0 aliphatic heterocycles. The van der Waals surface area contributed by atoms with E-state index in [9.17, 15) is 4.79 Å². The number of carboxylic acids is 1. The van der Waals surface area contributed by atoms with Crippen LogP contribution in [0, 0.1) is 5.41 Å². The smallest absolute Gasteiger partial charge is 0.303 e. The molecule has 1 aromatic rings. The number of hydrogen-bond donors (Lipinski definition) is 1. The second-order valence-corrected chi connectivity index (χ2v) is 6.95. The number of thiophene rings is 1. The zero-order valence-corrected chi connectivity index (χ0v) is 12.9. The maximum absolute atomic E-state index is 11.0. The molecular weight excluding hydrogens is 302 g/mol. The lowest BCUT2D eigenvalue weighted by atomic mass is 9.80. The molecule has 1 N–H and O–H groups in total. The van der Waals surface area contributed by atoms with Crippen LogP contribution in [0.4, 0.5) is 0 Å². The van der Waals surface area contributed by atoms with Crippen LogP contribution in [-0.4, -0.2) is 30.1 Å². The van der Waals surface area contributed by atoms with E-state index < -0.39 is 5.97 Å². The summed E-state index contributed by atoms with van der Waals surface area (Å²) in [5, 5.41) is 11.0. The van der Waals surface area contributed by atoms with Gasteiger partial charge < -0.3 is 10.0 Å². The monoisotopic (exact) mass is 319 g/mol. The van der Waals surface area contributed by atoms with Crippen molar-refractivity contribution in [1.82, 2.24) is 4.90 Å². The van der Waals surface area contributed by atoms with Crippen molar-refractivity contribution in [3.8, 4) is 0 Å². The molecule has 0 saturated heterocycles. The Bertz CT molecular complexity index is 401. The highest BCUT2D eigenvalue weighted by molar-refractivity contribution is 9.10. The molecule has 1 unspecified atom stereocenters. The van der Waals surface area contributed by atoms with Gasteiger partial charge in [0.15, 0.2) is 0 Å². The highest BCUT2D eigenvalue weighted by atomic mass is 79.9. The molecule has 0 aliphatic rings. The summed E-state index contributed by atoms with van der Waals surface area (Å²) in [6.45, 7) is 4.00. The van der Waals surface area contributed by atoms with E-state index in [-0.39, 0.29) is 17.9 Å². The lowest BCUT2D eigenvalue weighted by Crippen LogP contribution is -2.34. The molecule has 0 saturated carbocycles. The Balaban J connectivity index is 3.05. The molecule has 0 bridgehead atoms. The van der Waals surface area contributed by atoms with Gasteiger partial charge in [0.2, 0.25) is 0 Å². The summed E-state index contributed by atoms with van der Waals surface area (Å²) < 4.78 is 1.05. The van der Waals surface area contributed by atoms with E-state index in [0.29, 0.717) is 0 Å². The van der Waals surface area contributed by atoms with Gasteiger partial charge in [-0.05, 0) is 41.5 Å². The molecule has 1 atom stereocenters. The summed E-state index contributed by atoms with van der Waals surface area (Å²) >= 11 is 5.10. The van der Waals surface area contributed by atoms with Gasteiger partial charge in [0, 0.05) is 20.8 Å². The zero-order valence-electron chi connectivity index (χ0n) is 10.5. The highest BCUT2D eigenvalue weighted by Crippen LogP contribution is 2.42. The predicted molar refractivity (Wildman–Crippen MR) is 74.5 cm³/mol. The minimum atomic E-state index is -0.752. The minimum absolute atomic E-state index is 0.106. The second kappa shape index (κ2) is 5.50. The van der Waals surface area contributed by atoms with Crippen LogP contribution in [0.5, 0.6) is 0 Å². The van der Waals surface area contributed by atoms with Crippen molar-refractivity contribution in [2.24, 2.45) is 5.41 Å². The number of rotatable bonds is 5. The van der Waals surface area contributed by atoms with Crippen molar-refractivity contribution in [2.45, 2.75) is 26.3 Å². The molecule has 3 nitrogen and oxygen atoms in total. The number of carbonyl (C=O) groups is 1.